The molecule has 0 unspecified atom stereocenters. The molecule has 8 heteroatoms. The van der Waals surface area contributed by atoms with Crippen LogP contribution in [0.25, 0.3) is 0 Å². The topological polar surface area (TPSA) is 140 Å². The van der Waals surface area contributed by atoms with Crippen LogP contribution in [0.4, 0.5) is 0 Å². The van der Waals surface area contributed by atoms with Gasteiger partial charge in [0, 0.05) is 0 Å². The molecule has 5 rings (SSSR count). The van der Waals surface area contributed by atoms with Gasteiger partial charge < -0.3 is 40.1 Å². The second-order valence-electron chi connectivity index (χ2n) is 16.8. The molecule has 0 aromatic heterocycles. The molecule has 8 nitrogen and oxygen atoms in total. The van der Waals surface area contributed by atoms with Gasteiger partial charge in [-0.1, -0.05) is 57.9 Å². The maximum atomic E-state index is 12.0. The summed E-state index contributed by atoms with van der Waals surface area (Å²) in [6.45, 7) is 17.2. The molecule has 5 aliphatic rings. The molecule has 0 spiro atoms. The Morgan fingerprint density at radius 1 is 0.864 bits per heavy atom. The van der Waals surface area contributed by atoms with Gasteiger partial charge >= 0.3 is 0 Å². The third-order valence-electron chi connectivity index (χ3n) is 13.9. The number of ether oxygens (including phenoxy) is 2. The van der Waals surface area contributed by atoms with Crippen molar-refractivity contribution >= 4 is 0 Å². The van der Waals surface area contributed by atoms with E-state index in [1.807, 2.05) is 0 Å². The van der Waals surface area contributed by atoms with Crippen LogP contribution in [-0.2, 0) is 9.47 Å². The molecule has 1 heterocycles. The summed E-state index contributed by atoms with van der Waals surface area (Å²) in [5.41, 5.74) is 1.49. The lowest BCUT2D eigenvalue weighted by Gasteiger charge is -2.72. The van der Waals surface area contributed by atoms with E-state index in [0.29, 0.717) is 25.2 Å². The first kappa shape index (κ1) is 34.5. The highest BCUT2D eigenvalue weighted by atomic mass is 16.7. The molecule has 6 N–H and O–H groups in total. The molecule has 0 amide bonds. The average molecular weight is 621 g/mol. The predicted molar refractivity (Wildman–Crippen MR) is 168 cm³/mol. The summed E-state index contributed by atoms with van der Waals surface area (Å²) in [4.78, 5) is 0. The lowest BCUT2D eigenvalue weighted by molar-refractivity contribution is -0.346. The highest BCUT2D eigenvalue weighted by Crippen LogP contribution is 2.76. The predicted octanol–water partition coefficient (Wildman–Crippen LogP) is 4.10. The maximum absolute atomic E-state index is 12.0. The zero-order valence-corrected chi connectivity index (χ0v) is 28.2. The summed E-state index contributed by atoms with van der Waals surface area (Å²) in [7, 11) is 0. The Labute approximate surface area is 264 Å². The van der Waals surface area contributed by atoms with Crippen LogP contribution >= 0.6 is 0 Å². The fourth-order valence-corrected chi connectivity index (χ4v) is 11.5. The normalized spacial score (nSPS) is 52.1. The molecule has 5 fully saturated rings. The highest BCUT2D eigenvalue weighted by molar-refractivity contribution is 5.24. The van der Waals surface area contributed by atoms with E-state index in [-0.39, 0.29) is 34.0 Å². The lowest BCUT2D eigenvalue weighted by atomic mass is 9.34. The van der Waals surface area contributed by atoms with Crippen LogP contribution in [0.3, 0.4) is 0 Å². The van der Waals surface area contributed by atoms with Gasteiger partial charge in [0.25, 0.3) is 0 Å². The lowest BCUT2D eigenvalue weighted by Crippen LogP contribution is -2.70. The van der Waals surface area contributed by atoms with Crippen molar-refractivity contribution in [2.75, 3.05) is 6.61 Å². The van der Waals surface area contributed by atoms with Gasteiger partial charge in [-0.2, -0.15) is 0 Å². The number of rotatable bonds is 6. The van der Waals surface area contributed by atoms with Gasteiger partial charge in [0.15, 0.2) is 6.29 Å². The van der Waals surface area contributed by atoms with Gasteiger partial charge in [0.2, 0.25) is 0 Å². The monoisotopic (exact) mass is 620 g/mol. The fourth-order valence-electron chi connectivity index (χ4n) is 11.5. The Balaban J connectivity index is 1.55. The zero-order chi connectivity index (χ0) is 32.6. The summed E-state index contributed by atoms with van der Waals surface area (Å²) in [6.07, 6.45) is 2.23. The Morgan fingerprint density at radius 2 is 1.55 bits per heavy atom. The molecule has 0 bridgehead atoms. The average Bonchev–Trinajstić information content (AvgIpc) is 3.32. The Hall–Kier alpha value is -0.840. The molecule has 0 aromatic carbocycles. The fraction of sp³-hybridized carbons (Fsp3) is 0.889. The van der Waals surface area contributed by atoms with Crippen molar-refractivity contribution in [1.82, 2.24) is 0 Å². The van der Waals surface area contributed by atoms with Crippen LogP contribution in [0.2, 0.25) is 0 Å². The van der Waals surface area contributed by atoms with E-state index < -0.39 is 61.0 Å². The minimum atomic E-state index is -1.52. The highest BCUT2D eigenvalue weighted by Gasteiger charge is 2.72. The summed E-state index contributed by atoms with van der Waals surface area (Å²) >= 11 is 0. The van der Waals surface area contributed by atoms with Crippen molar-refractivity contribution in [2.45, 2.75) is 149 Å². The van der Waals surface area contributed by atoms with E-state index in [9.17, 15) is 30.6 Å². The molecular weight excluding hydrogens is 560 g/mol. The maximum Gasteiger partial charge on any atom is 0.186 e. The van der Waals surface area contributed by atoms with Gasteiger partial charge in [0.05, 0.1) is 24.9 Å². The number of allylic oxidation sites excluding steroid dienone is 4. The van der Waals surface area contributed by atoms with Crippen molar-refractivity contribution in [3.63, 3.8) is 0 Å². The van der Waals surface area contributed by atoms with Crippen molar-refractivity contribution in [3.05, 3.63) is 23.3 Å². The Morgan fingerprint density at radius 3 is 2.18 bits per heavy atom. The molecular formula is C36H60O8. The minimum absolute atomic E-state index is 0.112. The summed E-state index contributed by atoms with van der Waals surface area (Å²) in [5, 5.41) is 65.2. The van der Waals surface area contributed by atoms with E-state index in [0.717, 1.165) is 25.7 Å². The molecule has 0 radical (unpaired) electrons. The Bertz CT molecular complexity index is 1110. The molecule has 4 saturated carbocycles. The van der Waals surface area contributed by atoms with Gasteiger partial charge in [-0.05, 0) is 111 Å². The molecule has 252 valence electrons. The molecule has 1 aliphatic heterocycles. The third-order valence-corrected chi connectivity index (χ3v) is 13.9. The zero-order valence-electron chi connectivity index (χ0n) is 28.2. The summed E-state index contributed by atoms with van der Waals surface area (Å²) in [5.74, 6) is 0.506. The van der Waals surface area contributed by atoms with Crippen LogP contribution < -0.4 is 0 Å². The quantitative estimate of drug-likeness (QED) is 0.193. The van der Waals surface area contributed by atoms with Crippen molar-refractivity contribution in [3.8, 4) is 0 Å². The molecule has 4 aliphatic carbocycles. The van der Waals surface area contributed by atoms with Crippen molar-refractivity contribution in [2.24, 2.45) is 45.3 Å². The summed E-state index contributed by atoms with van der Waals surface area (Å²) < 4.78 is 12.6. The van der Waals surface area contributed by atoms with Crippen LogP contribution in [0.5, 0.6) is 0 Å². The van der Waals surface area contributed by atoms with Crippen LogP contribution in [0.1, 0.15) is 100 Å². The number of fused-ring (bicyclic) bond motifs is 5. The largest absolute Gasteiger partial charge is 0.394 e. The van der Waals surface area contributed by atoms with E-state index in [1.165, 1.54) is 11.1 Å². The van der Waals surface area contributed by atoms with Crippen LogP contribution in [0, 0.1) is 45.3 Å². The first-order valence-corrected chi connectivity index (χ1v) is 17.1. The van der Waals surface area contributed by atoms with Gasteiger partial charge in [0.1, 0.15) is 24.4 Å². The second kappa shape index (κ2) is 12.0. The number of hydrogen-bond acceptors (Lipinski definition) is 8. The van der Waals surface area contributed by atoms with E-state index in [1.54, 1.807) is 0 Å². The van der Waals surface area contributed by atoms with Gasteiger partial charge in [-0.15, -0.1) is 0 Å². The van der Waals surface area contributed by atoms with Gasteiger partial charge in [-0.25, -0.2) is 0 Å². The molecule has 44 heavy (non-hydrogen) atoms. The van der Waals surface area contributed by atoms with Crippen molar-refractivity contribution < 1.29 is 40.1 Å². The smallest absolute Gasteiger partial charge is 0.186 e. The van der Waals surface area contributed by atoms with Crippen LogP contribution in [-0.4, -0.2) is 86.3 Å². The van der Waals surface area contributed by atoms with Gasteiger partial charge in [-0.3, -0.25) is 0 Å². The van der Waals surface area contributed by atoms with E-state index >= 15 is 0 Å². The minimum Gasteiger partial charge on any atom is -0.394 e. The van der Waals surface area contributed by atoms with Crippen LogP contribution in [0.15, 0.2) is 23.3 Å². The van der Waals surface area contributed by atoms with E-state index in [4.69, 9.17) is 9.47 Å². The molecule has 0 aromatic rings. The standard InChI is InChI=1S/C36H60O8/c1-19(2)10-9-11-20(3)21-12-15-35(7)27(21)22(38)16-25-34(6)14-13-26(39)33(4,5)31(34)23(17-36(25,35)8)43-32-30(42)29(41)28(40)24(18-37)44-32/h10-11,21-32,37-42H,9,12-18H2,1-8H3/b20-11+/t21-,22-,23+,24+,25-,26+,27+,28-,29-,30+,31+,32-,34-,35-,36-/m1/s1. The number of hydrogen-bond donors (Lipinski definition) is 6. The SMILES string of the molecule is CC(C)=CC/C=C(\C)[C@H]1CC[C@]2(C)[C@@H]1[C@H](O)C[C@@H]1[C@@]3(C)CC[C@H](O)C(C)(C)[C@@H]3[C@@H](O[C@@H]3O[C@@H](CO)[C@@H](O)[C@@H](O)[C@@H]3O)C[C@]12C. The third kappa shape index (κ3) is 5.18. The molecule has 1 saturated heterocycles. The number of aliphatic hydroxyl groups excluding tert-OH is 6. The summed E-state index contributed by atoms with van der Waals surface area (Å²) in [6, 6.07) is 0. The Kier molecular flexibility index (Phi) is 9.40. The number of aliphatic hydroxyl groups is 6. The van der Waals surface area contributed by atoms with Crippen molar-refractivity contribution in [1.29, 1.82) is 0 Å². The first-order chi connectivity index (χ1) is 20.4. The first-order valence-electron chi connectivity index (χ1n) is 17.1. The molecule has 15 atom stereocenters. The van der Waals surface area contributed by atoms with E-state index in [2.05, 4.69) is 67.5 Å². The second-order valence-corrected chi connectivity index (χ2v) is 16.8.